The summed E-state index contributed by atoms with van der Waals surface area (Å²) in [6, 6.07) is 25.5. The average Bonchev–Trinajstić information content (AvgIpc) is 2.78. The SMILES string of the molecule is O=c1c(Nc2ccc(Br)cc2Br)cc2nc3ccccc3n(-c3ccccc3)c-2c1Br. The van der Waals surface area contributed by atoms with E-state index in [1.165, 1.54) is 0 Å². The third-order valence-corrected chi connectivity index (χ3v) is 6.86. The molecule has 0 radical (unpaired) electrons. The Labute approximate surface area is 203 Å². The van der Waals surface area contributed by atoms with Crippen LogP contribution in [0.15, 0.2) is 97.1 Å². The smallest absolute Gasteiger partial charge is 0.218 e. The lowest BCUT2D eigenvalue weighted by Crippen LogP contribution is -2.16. The fourth-order valence-electron chi connectivity index (χ4n) is 3.58. The van der Waals surface area contributed by atoms with Crippen molar-refractivity contribution in [2.75, 3.05) is 5.32 Å². The number of nitrogens with zero attached hydrogens (tertiary/aromatic N) is 2. The van der Waals surface area contributed by atoms with Crippen LogP contribution in [-0.2, 0) is 0 Å². The van der Waals surface area contributed by atoms with Crippen molar-refractivity contribution in [2.24, 2.45) is 0 Å². The molecule has 1 N–H and O–H groups in total. The quantitative estimate of drug-likeness (QED) is 0.218. The highest BCUT2D eigenvalue weighted by Gasteiger charge is 2.22. The second-order valence-corrected chi connectivity index (χ2v) is 9.52. The molecule has 0 amide bonds. The van der Waals surface area contributed by atoms with Gasteiger partial charge in [0, 0.05) is 14.6 Å². The Balaban J connectivity index is 1.80. The number of rotatable bonds is 3. The van der Waals surface area contributed by atoms with Crippen LogP contribution in [0.2, 0.25) is 0 Å². The summed E-state index contributed by atoms with van der Waals surface area (Å²) in [5.74, 6) is 0. The number of nitrogens with one attached hydrogen (secondary N) is 1. The van der Waals surface area contributed by atoms with Crippen LogP contribution in [0.5, 0.6) is 0 Å². The second kappa shape index (κ2) is 8.22. The lowest BCUT2D eigenvalue weighted by Gasteiger charge is -2.21. The van der Waals surface area contributed by atoms with Crippen LogP contribution in [0.4, 0.5) is 11.4 Å². The summed E-state index contributed by atoms with van der Waals surface area (Å²) < 4.78 is 4.33. The Morgan fingerprint density at radius 1 is 0.806 bits per heavy atom. The van der Waals surface area contributed by atoms with Gasteiger partial charge in [-0.3, -0.25) is 4.79 Å². The fourth-order valence-corrected chi connectivity index (χ4v) is 5.32. The molecule has 5 rings (SSSR count). The number of benzene rings is 4. The minimum Gasteiger partial charge on any atom is -0.351 e. The van der Waals surface area contributed by atoms with Crippen molar-refractivity contribution in [2.45, 2.75) is 0 Å². The van der Waals surface area contributed by atoms with Gasteiger partial charge in [0.15, 0.2) is 0 Å². The van der Waals surface area contributed by atoms with Crippen molar-refractivity contribution in [3.05, 3.63) is 103 Å². The predicted octanol–water partition coefficient (Wildman–Crippen LogP) is 7.52. The molecule has 0 bridgehead atoms. The first-order chi connectivity index (χ1) is 15.0. The van der Waals surface area contributed by atoms with Gasteiger partial charge in [-0.05, 0) is 80.4 Å². The van der Waals surface area contributed by atoms with Crippen molar-refractivity contribution in [3.63, 3.8) is 0 Å². The molecule has 0 saturated heterocycles. The maximum atomic E-state index is 13.3. The minimum atomic E-state index is -0.135. The van der Waals surface area contributed by atoms with Crippen molar-refractivity contribution in [3.8, 4) is 17.1 Å². The van der Waals surface area contributed by atoms with Gasteiger partial charge in [-0.2, -0.15) is 0 Å². The highest BCUT2D eigenvalue weighted by atomic mass is 79.9. The predicted molar refractivity (Wildman–Crippen MR) is 137 cm³/mol. The summed E-state index contributed by atoms with van der Waals surface area (Å²) in [4.78, 5) is 18.2. The third kappa shape index (κ3) is 3.71. The third-order valence-electron chi connectivity index (χ3n) is 4.98. The van der Waals surface area contributed by atoms with E-state index < -0.39 is 0 Å². The van der Waals surface area contributed by atoms with Crippen LogP contribution >= 0.6 is 47.8 Å². The van der Waals surface area contributed by atoms with Gasteiger partial charge in [-0.25, -0.2) is 4.98 Å². The lowest BCUT2D eigenvalue weighted by molar-refractivity contribution is 1.07. The minimum absolute atomic E-state index is 0.135. The van der Waals surface area contributed by atoms with Crippen molar-refractivity contribution < 1.29 is 0 Å². The largest absolute Gasteiger partial charge is 0.351 e. The average molecular weight is 600 g/mol. The standard InChI is InChI=1S/C24H14Br3N3O/c25-14-10-11-17(16(26)12-14)28-20-13-19-23(22(27)24(20)31)30(15-6-2-1-3-7-15)21-9-5-4-8-18(21)29-19/h1-13,28H. The van der Waals surface area contributed by atoms with E-state index in [0.29, 0.717) is 15.9 Å². The maximum absolute atomic E-state index is 13.3. The van der Waals surface area contributed by atoms with Crippen LogP contribution in [0.3, 0.4) is 0 Å². The van der Waals surface area contributed by atoms with Crippen molar-refractivity contribution in [1.29, 1.82) is 0 Å². The molecule has 2 aliphatic rings. The highest BCUT2D eigenvalue weighted by molar-refractivity contribution is 9.11. The van der Waals surface area contributed by atoms with Crippen molar-refractivity contribution in [1.82, 2.24) is 9.55 Å². The number of para-hydroxylation sites is 3. The molecule has 0 saturated carbocycles. The van der Waals surface area contributed by atoms with Crippen LogP contribution < -0.4 is 10.7 Å². The molecule has 4 nitrogen and oxygen atoms in total. The number of aromatic nitrogens is 2. The molecule has 0 aromatic heterocycles. The highest BCUT2D eigenvalue weighted by Crippen LogP contribution is 2.36. The zero-order valence-corrected chi connectivity index (χ0v) is 20.7. The summed E-state index contributed by atoms with van der Waals surface area (Å²) in [7, 11) is 0. The Morgan fingerprint density at radius 3 is 2.32 bits per heavy atom. The summed E-state index contributed by atoms with van der Waals surface area (Å²) in [6.45, 7) is 0. The molecule has 7 heteroatoms. The molecule has 152 valence electrons. The zero-order valence-electron chi connectivity index (χ0n) is 15.9. The Kier molecular flexibility index (Phi) is 5.42. The zero-order chi connectivity index (χ0) is 21.5. The van der Waals surface area contributed by atoms with Gasteiger partial charge in [0.2, 0.25) is 5.43 Å². The van der Waals surface area contributed by atoms with E-state index in [4.69, 9.17) is 4.98 Å². The van der Waals surface area contributed by atoms with Crippen LogP contribution in [0.25, 0.3) is 28.1 Å². The van der Waals surface area contributed by atoms with Gasteiger partial charge < -0.3 is 9.88 Å². The molecule has 0 spiro atoms. The van der Waals surface area contributed by atoms with Gasteiger partial charge in [-0.15, -0.1) is 0 Å². The topological polar surface area (TPSA) is 46.9 Å². The molecule has 0 fully saturated rings. The van der Waals surface area contributed by atoms with Gasteiger partial charge in [0.05, 0.1) is 38.3 Å². The Morgan fingerprint density at radius 2 is 1.55 bits per heavy atom. The summed E-state index contributed by atoms with van der Waals surface area (Å²) in [6.07, 6.45) is 0. The lowest BCUT2D eigenvalue weighted by atomic mass is 10.1. The van der Waals surface area contributed by atoms with Crippen LogP contribution in [-0.4, -0.2) is 9.55 Å². The molecule has 1 aliphatic heterocycles. The first kappa shape index (κ1) is 20.4. The number of anilines is 2. The first-order valence-electron chi connectivity index (χ1n) is 9.44. The van der Waals surface area contributed by atoms with Gasteiger partial charge >= 0.3 is 0 Å². The number of fused-ring (bicyclic) bond motifs is 2. The van der Waals surface area contributed by atoms with Crippen molar-refractivity contribution >= 4 is 70.2 Å². The second-order valence-electron chi connectivity index (χ2n) is 6.96. The summed E-state index contributed by atoms with van der Waals surface area (Å²) in [5, 5.41) is 3.25. The van der Waals surface area contributed by atoms with Crippen LogP contribution in [0, 0.1) is 0 Å². The van der Waals surface area contributed by atoms with E-state index in [1.54, 1.807) is 0 Å². The fraction of sp³-hybridized carbons (Fsp3) is 0. The molecule has 3 aromatic carbocycles. The Hall–Kier alpha value is -2.48. The molecule has 3 aromatic rings. The van der Waals surface area contributed by atoms with E-state index in [2.05, 4.69) is 57.7 Å². The van der Waals surface area contributed by atoms with E-state index in [9.17, 15) is 4.79 Å². The first-order valence-corrected chi connectivity index (χ1v) is 11.8. The maximum Gasteiger partial charge on any atom is 0.218 e. The van der Waals surface area contributed by atoms with E-state index >= 15 is 0 Å². The van der Waals surface area contributed by atoms with Gasteiger partial charge in [0.25, 0.3) is 0 Å². The molecule has 0 unspecified atom stereocenters. The van der Waals surface area contributed by atoms with Gasteiger partial charge in [0.1, 0.15) is 0 Å². The normalized spacial score (nSPS) is 11.2. The summed E-state index contributed by atoms with van der Waals surface area (Å²) >= 11 is 10.6. The number of halogens is 3. The Bertz CT molecular complexity index is 1460. The van der Waals surface area contributed by atoms with Crippen LogP contribution in [0.1, 0.15) is 0 Å². The number of hydrogen-bond donors (Lipinski definition) is 1. The molecular weight excluding hydrogens is 586 g/mol. The monoisotopic (exact) mass is 597 g/mol. The van der Waals surface area contributed by atoms with E-state index in [0.717, 1.165) is 37.0 Å². The molecule has 1 heterocycles. The van der Waals surface area contributed by atoms with E-state index in [1.807, 2.05) is 78.9 Å². The molecular formula is C24H14Br3N3O. The molecule has 0 atom stereocenters. The van der Waals surface area contributed by atoms with Gasteiger partial charge in [-0.1, -0.05) is 46.3 Å². The molecule has 31 heavy (non-hydrogen) atoms. The van der Waals surface area contributed by atoms with E-state index in [-0.39, 0.29) is 5.43 Å². The molecule has 1 aliphatic carbocycles. The number of hydrogen-bond acceptors (Lipinski definition) is 3. The summed E-state index contributed by atoms with van der Waals surface area (Å²) in [5.41, 5.74) is 5.29.